The predicted octanol–water partition coefficient (Wildman–Crippen LogP) is 7.78. The van der Waals surface area contributed by atoms with E-state index in [-0.39, 0.29) is 42.5 Å². The highest BCUT2D eigenvalue weighted by Crippen LogP contribution is 2.41. The zero-order valence-corrected chi connectivity index (χ0v) is 44.6. The first-order chi connectivity index (χ1) is 34.4. The molecular weight excluding hydrogens is 951 g/mol. The van der Waals surface area contributed by atoms with Gasteiger partial charge in [-0.25, -0.2) is 14.4 Å². The van der Waals surface area contributed by atoms with Crippen molar-refractivity contribution in [2.75, 3.05) is 75.2 Å². The summed E-state index contributed by atoms with van der Waals surface area (Å²) >= 11 is 8.49. The number of nitrogens with one attached hydrogen (secondary N) is 3. The summed E-state index contributed by atoms with van der Waals surface area (Å²) in [6, 6.07) is 13.9. The summed E-state index contributed by atoms with van der Waals surface area (Å²) in [5.74, 6) is -0.100. The van der Waals surface area contributed by atoms with Gasteiger partial charge in [0.2, 0.25) is 23.7 Å². The number of piperazine rings is 1. The molecule has 386 valence electrons. The van der Waals surface area contributed by atoms with Gasteiger partial charge in [-0.2, -0.15) is 0 Å². The topological polar surface area (TPSA) is 151 Å². The molecule has 0 saturated carbocycles. The molecule has 0 bridgehead atoms. The fourth-order valence-electron chi connectivity index (χ4n) is 11.1. The Morgan fingerprint density at radius 3 is 2.28 bits per heavy atom. The number of carbonyl (C=O) groups excluding carboxylic acids is 3. The number of thiazole rings is 1. The monoisotopic (exact) mass is 1020 g/mol. The SMILES string of the molecule is Cc1cc(Cn2c(N3CC4(CNC4)C3)nc3c(N4CCN(CCCCCCC(=O)N[C@H](C(=O)N5C[C@H](O)C[C@H]5C(=O)N[C@@H](C)c5ccc(-c6scnc6C)cc5)C(C)(C)C)CC4)cc(Cl)cc32)cc(C)c1F. The number of rotatable bonds is 17. The molecule has 4 aliphatic rings. The van der Waals surface area contributed by atoms with Crippen molar-refractivity contribution in [1.29, 1.82) is 0 Å². The van der Waals surface area contributed by atoms with Crippen LogP contribution < -0.4 is 25.8 Å². The molecule has 0 radical (unpaired) electrons. The van der Waals surface area contributed by atoms with Crippen LogP contribution in [0.15, 0.2) is 54.0 Å². The van der Waals surface area contributed by atoms with E-state index < -0.39 is 23.6 Å². The van der Waals surface area contributed by atoms with Gasteiger partial charge in [0.25, 0.3) is 0 Å². The molecule has 1 spiro atoms. The molecule has 9 rings (SSSR count). The van der Waals surface area contributed by atoms with E-state index in [0.717, 1.165) is 128 Å². The molecule has 6 heterocycles. The molecule has 0 unspecified atom stereocenters. The number of aromatic nitrogens is 3. The normalized spacial score (nSPS) is 19.9. The maximum atomic E-state index is 14.7. The Hall–Kier alpha value is -5.13. The van der Waals surface area contributed by atoms with Crippen molar-refractivity contribution in [2.24, 2.45) is 10.8 Å². The first-order valence-corrected chi connectivity index (χ1v) is 27.1. The summed E-state index contributed by atoms with van der Waals surface area (Å²) in [5, 5.41) is 20.9. The van der Waals surface area contributed by atoms with Crippen LogP contribution in [0.3, 0.4) is 0 Å². The van der Waals surface area contributed by atoms with Gasteiger partial charge in [-0.3, -0.25) is 19.3 Å². The van der Waals surface area contributed by atoms with Gasteiger partial charge in [0, 0.05) is 82.2 Å². The highest BCUT2D eigenvalue weighted by molar-refractivity contribution is 7.13. The van der Waals surface area contributed by atoms with Crippen LogP contribution in [0.25, 0.3) is 21.5 Å². The highest BCUT2D eigenvalue weighted by atomic mass is 35.5. The van der Waals surface area contributed by atoms with E-state index in [1.807, 2.05) is 96.4 Å². The van der Waals surface area contributed by atoms with Crippen molar-refractivity contribution in [3.05, 3.63) is 92.8 Å². The van der Waals surface area contributed by atoms with E-state index in [4.69, 9.17) is 16.6 Å². The maximum Gasteiger partial charge on any atom is 0.246 e. The average Bonchev–Trinajstić information content (AvgIpc) is 4.03. The summed E-state index contributed by atoms with van der Waals surface area (Å²) in [4.78, 5) is 60.9. The number of β-amino-alcohol motifs (C(OH)–C–C–N with tert-alkyl or cyclic N) is 1. The van der Waals surface area contributed by atoms with Crippen molar-refractivity contribution in [3.8, 4) is 10.4 Å². The van der Waals surface area contributed by atoms with Gasteiger partial charge in [0.05, 0.1) is 46.0 Å². The van der Waals surface area contributed by atoms with E-state index >= 15 is 0 Å². The minimum Gasteiger partial charge on any atom is -0.391 e. The fraction of sp³-hybridized carbons (Fsp3) is 0.545. The number of nitrogens with zero attached hydrogens (tertiary/aromatic N) is 7. The molecule has 72 heavy (non-hydrogen) atoms. The number of aliphatic hydroxyl groups excluding tert-OH is 1. The van der Waals surface area contributed by atoms with Crippen molar-refractivity contribution in [1.82, 2.24) is 40.3 Å². The van der Waals surface area contributed by atoms with E-state index in [0.29, 0.717) is 41.0 Å². The van der Waals surface area contributed by atoms with Gasteiger partial charge in [-0.1, -0.05) is 81.6 Å². The van der Waals surface area contributed by atoms with Gasteiger partial charge in [0.15, 0.2) is 0 Å². The van der Waals surface area contributed by atoms with Crippen LogP contribution in [0, 0.1) is 37.4 Å². The standard InChI is InChI=1S/C55H72ClFN10O4S/c1-34-22-38(23-35(2)47(34)57)27-67-44-25-41(56)24-43(48(44)62-53(67)65-31-55(32-65)29-58-30-55)64-20-18-63(19-21-64)17-11-9-8-10-12-46(69)61-50(54(5,6)7)52(71)66-28-42(68)26-45(66)51(70)60-36(3)39-13-15-40(16-14-39)49-37(4)59-33-72-49/h13-16,22-25,33,36,42,45,50,58,68H,8-12,17-21,26-32H2,1-7H3,(H,60,70)(H,61,69)/t36-,42+,45-,50+/m0/s1. The van der Waals surface area contributed by atoms with E-state index in [1.165, 1.54) is 4.90 Å². The maximum absolute atomic E-state index is 14.7. The molecule has 3 amide bonds. The molecule has 4 saturated heterocycles. The highest BCUT2D eigenvalue weighted by Gasteiger charge is 2.49. The third-order valence-corrected chi connectivity index (χ3v) is 16.5. The summed E-state index contributed by atoms with van der Waals surface area (Å²) in [7, 11) is 0. The number of aliphatic hydroxyl groups is 1. The minimum absolute atomic E-state index is 0.0275. The summed E-state index contributed by atoms with van der Waals surface area (Å²) in [5.41, 5.74) is 9.79. The lowest BCUT2D eigenvalue weighted by Crippen LogP contribution is -2.71. The number of benzene rings is 3. The first kappa shape index (κ1) is 51.8. The third kappa shape index (κ3) is 11.2. The number of fused-ring (bicyclic) bond motifs is 1. The molecule has 4 N–H and O–H groups in total. The number of imidazole rings is 1. The number of hydrogen-bond acceptors (Lipinski definition) is 11. The van der Waals surface area contributed by atoms with Crippen LogP contribution in [-0.4, -0.2) is 131 Å². The first-order valence-electron chi connectivity index (χ1n) is 25.8. The number of halogens is 2. The Labute approximate surface area is 432 Å². The predicted molar refractivity (Wildman–Crippen MR) is 285 cm³/mol. The number of amides is 3. The number of aryl methyl sites for hydroxylation is 3. The summed E-state index contributed by atoms with van der Waals surface area (Å²) in [6.07, 6.45) is 3.19. The molecule has 14 nitrogen and oxygen atoms in total. The van der Waals surface area contributed by atoms with Gasteiger partial charge in [-0.15, -0.1) is 11.3 Å². The molecule has 3 aromatic carbocycles. The van der Waals surface area contributed by atoms with Crippen molar-refractivity contribution < 1.29 is 23.9 Å². The number of likely N-dealkylation sites (tertiary alicyclic amines) is 1. The number of unbranched alkanes of at least 4 members (excludes halogenated alkanes) is 3. The van der Waals surface area contributed by atoms with Gasteiger partial charge < -0.3 is 40.3 Å². The lowest BCUT2D eigenvalue weighted by Gasteiger charge is -2.56. The van der Waals surface area contributed by atoms with E-state index in [1.54, 1.807) is 11.3 Å². The molecule has 4 aliphatic heterocycles. The Kier molecular flexibility index (Phi) is 15.4. The summed E-state index contributed by atoms with van der Waals surface area (Å²) in [6.45, 7) is 22.4. The number of anilines is 2. The lowest BCUT2D eigenvalue weighted by atomic mass is 9.75. The third-order valence-electron chi connectivity index (χ3n) is 15.4. The van der Waals surface area contributed by atoms with Crippen molar-refractivity contribution in [3.63, 3.8) is 0 Å². The quantitative estimate of drug-likeness (QED) is 0.0681. The molecule has 4 atom stereocenters. The second-order valence-electron chi connectivity index (χ2n) is 22.2. The molecule has 5 aromatic rings. The van der Waals surface area contributed by atoms with Crippen molar-refractivity contribution >= 4 is 63.3 Å². The zero-order chi connectivity index (χ0) is 51.1. The van der Waals surface area contributed by atoms with Gasteiger partial charge in [-0.05, 0) is 92.4 Å². The molecule has 4 fully saturated rings. The average molecular weight is 1020 g/mol. The van der Waals surface area contributed by atoms with Crippen LogP contribution in [0.2, 0.25) is 5.02 Å². The van der Waals surface area contributed by atoms with Crippen LogP contribution in [0.4, 0.5) is 16.0 Å². The van der Waals surface area contributed by atoms with Crippen LogP contribution >= 0.6 is 22.9 Å². The van der Waals surface area contributed by atoms with Gasteiger partial charge >= 0.3 is 0 Å². The molecule has 17 heteroatoms. The molecule has 2 aromatic heterocycles. The number of hydrogen-bond donors (Lipinski definition) is 4. The van der Waals surface area contributed by atoms with E-state index in [9.17, 15) is 23.9 Å². The fourth-order valence-corrected chi connectivity index (χ4v) is 12.2. The zero-order valence-electron chi connectivity index (χ0n) is 43.0. The molecular formula is C55H72ClFN10O4S. The van der Waals surface area contributed by atoms with Gasteiger partial charge in [0.1, 0.15) is 23.4 Å². The van der Waals surface area contributed by atoms with Crippen molar-refractivity contribution in [2.45, 2.75) is 118 Å². The Morgan fingerprint density at radius 2 is 1.64 bits per heavy atom. The lowest BCUT2D eigenvalue weighted by molar-refractivity contribution is -0.144. The van der Waals surface area contributed by atoms with Crippen LogP contribution in [-0.2, 0) is 20.9 Å². The Balaban J connectivity index is 0.740. The Morgan fingerprint density at radius 1 is 0.944 bits per heavy atom. The van der Waals surface area contributed by atoms with Crippen LogP contribution in [0.5, 0.6) is 0 Å². The van der Waals surface area contributed by atoms with Crippen LogP contribution in [0.1, 0.15) is 100 Å². The second-order valence-corrected chi connectivity index (χ2v) is 23.5. The minimum atomic E-state index is -0.863. The Bertz CT molecular complexity index is 2750. The van der Waals surface area contributed by atoms with E-state index in [2.05, 4.69) is 46.3 Å². The summed E-state index contributed by atoms with van der Waals surface area (Å²) < 4.78 is 16.9. The largest absolute Gasteiger partial charge is 0.391 e. The number of carbonyl (C=O) groups is 3. The second kappa shape index (κ2) is 21.4. The smallest absolute Gasteiger partial charge is 0.246 e. The molecule has 0 aliphatic carbocycles.